The van der Waals surface area contributed by atoms with E-state index >= 15 is 0 Å². The average Bonchev–Trinajstić information content (AvgIpc) is 3.08. The summed E-state index contributed by atoms with van der Waals surface area (Å²) in [6.45, 7) is 0.839. The molecule has 2 aromatic carbocycles. The molecule has 3 aromatic rings. The Labute approximate surface area is 162 Å². The molecule has 3 heterocycles. The van der Waals surface area contributed by atoms with Gasteiger partial charge < -0.3 is 9.15 Å². The van der Waals surface area contributed by atoms with Crippen LogP contribution >= 0.6 is 0 Å². The maximum absolute atomic E-state index is 13.0. The fourth-order valence-corrected chi connectivity index (χ4v) is 5.80. The molecule has 7 heteroatoms. The van der Waals surface area contributed by atoms with Gasteiger partial charge in [-0.2, -0.15) is 0 Å². The molecule has 5 rings (SSSR count). The normalized spacial score (nSPS) is 21.4. The first-order valence-corrected chi connectivity index (χ1v) is 11.0. The van der Waals surface area contributed by atoms with Crippen LogP contribution in [-0.4, -0.2) is 37.6 Å². The van der Waals surface area contributed by atoms with Crippen molar-refractivity contribution in [3.63, 3.8) is 0 Å². The summed E-state index contributed by atoms with van der Waals surface area (Å²) < 4.78 is 35.4. The SMILES string of the molecule is O=c1c(-c2ccccc2)coc2c3c(ccc12)OCN(C1CCS(=O)(=O)C1)C3. The molecule has 0 N–H and O–H groups in total. The van der Waals surface area contributed by atoms with Gasteiger partial charge in [0.2, 0.25) is 5.43 Å². The molecule has 1 unspecified atom stereocenters. The van der Waals surface area contributed by atoms with Crippen LogP contribution in [0, 0.1) is 0 Å². The van der Waals surface area contributed by atoms with Crippen molar-refractivity contribution in [1.82, 2.24) is 4.90 Å². The van der Waals surface area contributed by atoms with Crippen molar-refractivity contribution < 1.29 is 17.6 Å². The van der Waals surface area contributed by atoms with E-state index in [1.165, 1.54) is 6.26 Å². The molecule has 144 valence electrons. The third-order valence-electron chi connectivity index (χ3n) is 5.56. The van der Waals surface area contributed by atoms with E-state index in [0.717, 1.165) is 11.1 Å². The molecule has 1 saturated heterocycles. The summed E-state index contributed by atoms with van der Waals surface area (Å²) in [5.74, 6) is 1.05. The summed E-state index contributed by atoms with van der Waals surface area (Å²) in [6, 6.07) is 12.9. The first-order valence-electron chi connectivity index (χ1n) is 9.22. The number of rotatable bonds is 2. The standard InChI is InChI=1S/C21H19NO5S/c23-20-16-6-7-19-17(10-22(13-27-19)15-8-9-28(24,25)12-15)21(16)26-11-18(20)14-4-2-1-3-5-14/h1-7,11,15H,8-10,12-13H2. The lowest BCUT2D eigenvalue weighted by molar-refractivity contribution is 0.0649. The van der Waals surface area contributed by atoms with Crippen LogP contribution in [0.2, 0.25) is 0 Å². The summed E-state index contributed by atoms with van der Waals surface area (Å²) >= 11 is 0. The number of hydrogen-bond donors (Lipinski definition) is 0. The van der Waals surface area contributed by atoms with Crippen LogP contribution in [0.25, 0.3) is 22.1 Å². The first kappa shape index (κ1) is 17.5. The summed E-state index contributed by atoms with van der Waals surface area (Å²) in [5.41, 5.74) is 2.54. The molecule has 0 saturated carbocycles. The summed E-state index contributed by atoms with van der Waals surface area (Å²) in [6.07, 6.45) is 2.10. The van der Waals surface area contributed by atoms with Crippen molar-refractivity contribution in [3.05, 3.63) is 64.5 Å². The summed E-state index contributed by atoms with van der Waals surface area (Å²) in [4.78, 5) is 15.1. The Balaban J connectivity index is 1.56. The van der Waals surface area contributed by atoms with Gasteiger partial charge in [0.15, 0.2) is 9.84 Å². The van der Waals surface area contributed by atoms with E-state index in [1.807, 2.05) is 35.2 Å². The van der Waals surface area contributed by atoms with Crippen LogP contribution in [0.1, 0.15) is 12.0 Å². The third kappa shape index (κ3) is 2.91. The first-order chi connectivity index (χ1) is 13.5. The minimum Gasteiger partial charge on any atom is -0.478 e. The Bertz CT molecular complexity index is 1220. The quantitative estimate of drug-likeness (QED) is 0.662. The Morgan fingerprint density at radius 3 is 2.64 bits per heavy atom. The molecule has 0 spiro atoms. The van der Waals surface area contributed by atoms with Crippen molar-refractivity contribution in [2.45, 2.75) is 19.0 Å². The van der Waals surface area contributed by atoms with Gasteiger partial charge in [0.25, 0.3) is 0 Å². The predicted molar refractivity (Wildman–Crippen MR) is 106 cm³/mol. The van der Waals surface area contributed by atoms with Gasteiger partial charge in [-0.1, -0.05) is 30.3 Å². The zero-order valence-electron chi connectivity index (χ0n) is 15.1. The number of sulfone groups is 1. The molecule has 2 aliphatic heterocycles. The topological polar surface area (TPSA) is 76.8 Å². The molecule has 6 nitrogen and oxygen atoms in total. The number of nitrogens with zero attached hydrogens (tertiary/aromatic N) is 1. The lowest BCUT2D eigenvalue weighted by Gasteiger charge is -2.33. The monoisotopic (exact) mass is 397 g/mol. The molecule has 28 heavy (non-hydrogen) atoms. The molecule has 0 aliphatic carbocycles. The number of hydrogen-bond acceptors (Lipinski definition) is 6. The van der Waals surface area contributed by atoms with Gasteiger partial charge in [0, 0.05) is 12.6 Å². The van der Waals surface area contributed by atoms with E-state index in [0.29, 0.717) is 42.0 Å². The lowest BCUT2D eigenvalue weighted by atomic mass is 10.0. The van der Waals surface area contributed by atoms with E-state index in [-0.39, 0.29) is 23.0 Å². The Hall–Kier alpha value is -2.64. The largest absolute Gasteiger partial charge is 0.478 e. The van der Waals surface area contributed by atoms with Crippen LogP contribution in [0.3, 0.4) is 0 Å². The highest BCUT2D eigenvalue weighted by Crippen LogP contribution is 2.34. The van der Waals surface area contributed by atoms with E-state index in [2.05, 4.69) is 0 Å². The molecule has 0 radical (unpaired) electrons. The minimum absolute atomic E-state index is 0.0660. The van der Waals surface area contributed by atoms with Gasteiger partial charge in [0.05, 0.1) is 28.0 Å². The van der Waals surface area contributed by atoms with Crippen molar-refractivity contribution in [1.29, 1.82) is 0 Å². The average molecular weight is 397 g/mol. The molecule has 0 amide bonds. The van der Waals surface area contributed by atoms with E-state index < -0.39 is 9.84 Å². The minimum atomic E-state index is -2.98. The molecule has 1 atom stereocenters. The zero-order chi connectivity index (χ0) is 19.3. The van der Waals surface area contributed by atoms with Crippen LogP contribution in [-0.2, 0) is 16.4 Å². The highest BCUT2D eigenvalue weighted by atomic mass is 32.2. The molecule has 1 fully saturated rings. The van der Waals surface area contributed by atoms with Gasteiger partial charge in [0.1, 0.15) is 24.3 Å². The Morgan fingerprint density at radius 2 is 1.89 bits per heavy atom. The van der Waals surface area contributed by atoms with Crippen molar-refractivity contribution in [3.8, 4) is 16.9 Å². The summed E-state index contributed by atoms with van der Waals surface area (Å²) in [7, 11) is -2.98. The number of fused-ring (bicyclic) bond motifs is 3. The van der Waals surface area contributed by atoms with Gasteiger partial charge in [-0.25, -0.2) is 8.42 Å². The lowest BCUT2D eigenvalue weighted by Crippen LogP contribution is -2.41. The number of ether oxygens (including phenoxy) is 1. The number of benzene rings is 2. The smallest absolute Gasteiger partial charge is 0.200 e. The highest BCUT2D eigenvalue weighted by Gasteiger charge is 2.35. The Kier molecular flexibility index (Phi) is 4.03. The van der Waals surface area contributed by atoms with Crippen LogP contribution in [0.5, 0.6) is 5.75 Å². The second kappa shape index (κ2) is 6.46. The van der Waals surface area contributed by atoms with Gasteiger partial charge >= 0.3 is 0 Å². The van der Waals surface area contributed by atoms with Crippen molar-refractivity contribution >= 4 is 20.8 Å². The predicted octanol–water partition coefficient (Wildman–Crippen LogP) is 2.80. The molecule has 1 aromatic heterocycles. The van der Waals surface area contributed by atoms with Crippen molar-refractivity contribution in [2.24, 2.45) is 0 Å². The second-order valence-electron chi connectivity index (χ2n) is 7.34. The fourth-order valence-electron chi connectivity index (χ4n) is 4.04. The molecule has 2 aliphatic rings. The van der Waals surface area contributed by atoms with Gasteiger partial charge in [-0.15, -0.1) is 0 Å². The molecule has 0 bridgehead atoms. The van der Waals surface area contributed by atoms with Crippen LogP contribution in [0.15, 0.2) is 57.9 Å². The van der Waals surface area contributed by atoms with E-state index in [4.69, 9.17) is 9.15 Å². The molecular formula is C21H19NO5S. The van der Waals surface area contributed by atoms with E-state index in [9.17, 15) is 13.2 Å². The third-order valence-corrected chi connectivity index (χ3v) is 7.31. The van der Waals surface area contributed by atoms with E-state index in [1.54, 1.807) is 12.1 Å². The van der Waals surface area contributed by atoms with Crippen LogP contribution in [0.4, 0.5) is 0 Å². The maximum Gasteiger partial charge on any atom is 0.200 e. The summed E-state index contributed by atoms with van der Waals surface area (Å²) in [5, 5.41) is 0.504. The highest BCUT2D eigenvalue weighted by molar-refractivity contribution is 7.91. The zero-order valence-corrected chi connectivity index (χ0v) is 15.9. The fraction of sp³-hybridized carbons (Fsp3) is 0.286. The van der Waals surface area contributed by atoms with Gasteiger partial charge in [-0.3, -0.25) is 9.69 Å². The maximum atomic E-state index is 13.0. The van der Waals surface area contributed by atoms with Crippen LogP contribution < -0.4 is 10.2 Å². The second-order valence-corrected chi connectivity index (χ2v) is 9.57. The van der Waals surface area contributed by atoms with Crippen molar-refractivity contribution in [2.75, 3.05) is 18.2 Å². The molecular weight excluding hydrogens is 378 g/mol. The Morgan fingerprint density at radius 1 is 1.07 bits per heavy atom. The van der Waals surface area contributed by atoms with Gasteiger partial charge in [-0.05, 0) is 24.1 Å².